The molecule has 0 heterocycles. The van der Waals surface area contributed by atoms with Crippen LogP contribution in [0.2, 0.25) is 5.02 Å². The summed E-state index contributed by atoms with van der Waals surface area (Å²) in [5.41, 5.74) is 2.12. The molecule has 0 saturated heterocycles. The molecule has 210 valence electrons. The molecular formula is C28H40ClN3O5S. The Balaban J connectivity index is 2.23. The van der Waals surface area contributed by atoms with E-state index in [0.29, 0.717) is 29.4 Å². The quantitative estimate of drug-likeness (QED) is 0.309. The van der Waals surface area contributed by atoms with Crippen LogP contribution >= 0.6 is 11.6 Å². The fourth-order valence-electron chi connectivity index (χ4n) is 4.19. The van der Waals surface area contributed by atoms with Gasteiger partial charge in [0.15, 0.2) is 0 Å². The molecule has 0 spiro atoms. The third kappa shape index (κ3) is 9.20. The molecule has 0 aliphatic carbocycles. The van der Waals surface area contributed by atoms with Crippen molar-refractivity contribution in [2.24, 2.45) is 0 Å². The maximum atomic E-state index is 13.5. The van der Waals surface area contributed by atoms with Gasteiger partial charge in [-0.1, -0.05) is 50.1 Å². The van der Waals surface area contributed by atoms with E-state index in [4.69, 9.17) is 16.3 Å². The van der Waals surface area contributed by atoms with Crippen molar-refractivity contribution in [1.29, 1.82) is 0 Å². The van der Waals surface area contributed by atoms with Crippen molar-refractivity contribution in [3.8, 4) is 5.75 Å². The van der Waals surface area contributed by atoms with E-state index in [1.165, 1.54) is 4.31 Å². The molecule has 0 fully saturated rings. The van der Waals surface area contributed by atoms with E-state index < -0.39 is 16.1 Å². The SMILES string of the molecule is CCCCNC(=O)[C@@H](CC)N(Cc1ccc(OC)cc1)C(=O)CCCN(c1cc(Cl)ccc1C)S(C)(=O)=O. The van der Waals surface area contributed by atoms with Gasteiger partial charge < -0.3 is 15.0 Å². The van der Waals surface area contributed by atoms with Crippen LogP contribution in [0, 0.1) is 6.92 Å². The molecule has 10 heteroatoms. The third-order valence-corrected chi connectivity index (χ3v) is 7.73. The molecule has 2 amide bonds. The van der Waals surface area contributed by atoms with Crippen molar-refractivity contribution in [2.45, 2.75) is 65.5 Å². The van der Waals surface area contributed by atoms with Crippen LogP contribution in [0.25, 0.3) is 0 Å². The average molecular weight is 566 g/mol. The van der Waals surface area contributed by atoms with Gasteiger partial charge in [-0.05, 0) is 61.6 Å². The number of halogens is 1. The minimum atomic E-state index is -3.60. The molecule has 2 aromatic rings. The van der Waals surface area contributed by atoms with Crippen LogP contribution < -0.4 is 14.4 Å². The number of nitrogens with zero attached hydrogens (tertiary/aromatic N) is 2. The molecule has 0 unspecified atom stereocenters. The van der Waals surface area contributed by atoms with Gasteiger partial charge in [-0.2, -0.15) is 0 Å². The minimum absolute atomic E-state index is 0.0839. The highest BCUT2D eigenvalue weighted by Gasteiger charge is 2.29. The number of carbonyl (C=O) groups excluding carboxylic acids is 2. The lowest BCUT2D eigenvalue weighted by Crippen LogP contribution is -2.49. The Morgan fingerprint density at radius 2 is 1.76 bits per heavy atom. The first kappa shape index (κ1) is 31.4. The Hall–Kier alpha value is -2.78. The van der Waals surface area contributed by atoms with Crippen molar-refractivity contribution in [3.63, 3.8) is 0 Å². The Bertz CT molecular complexity index is 1170. The number of nitrogens with one attached hydrogen (secondary N) is 1. The van der Waals surface area contributed by atoms with E-state index in [1.807, 2.05) is 45.0 Å². The van der Waals surface area contributed by atoms with Gasteiger partial charge in [0.1, 0.15) is 11.8 Å². The van der Waals surface area contributed by atoms with Crippen LogP contribution in [0.4, 0.5) is 5.69 Å². The van der Waals surface area contributed by atoms with Gasteiger partial charge in [0, 0.05) is 31.1 Å². The van der Waals surface area contributed by atoms with E-state index in [2.05, 4.69) is 5.32 Å². The van der Waals surface area contributed by atoms with Crippen molar-refractivity contribution in [2.75, 3.05) is 30.8 Å². The first-order valence-electron chi connectivity index (χ1n) is 13.0. The van der Waals surface area contributed by atoms with E-state index >= 15 is 0 Å². The topological polar surface area (TPSA) is 96.0 Å². The Kier molecular flexibility index (Phi) is 12.4. The van der Waals surface area contributed by atoms with Crippen molar-refractivity contribution >= 4 is 39.1 Å². The van der Waals surface area contributed by atoms with Crippen LogP contribution in [-0.2, 0) is 26.2 Å². The number of sulfonamides is 1. The standard InChI is InChI=1S/C28H40ClN3O5S/c1-6-8-17-30-28(34)25(7-2)31(20-22-12-15-24(37-4)16-13-22)27(33)10-9-18-32(38(5,35)36)26-19-23(29)14-11-21(26)3/h11-16,19,25H,6-10,17-18,20H2,1-5H3,(H,30,34)/t25-/m1/s1. The summed E-state index contributed by atoms with van der Waals surface area (Å²) in [7, 11) is -2.02. The second-order valence-corrected chi connectivity index (χ2v) is 11.7. The summed E-state index contributed by atoms with van der Waals surface area (Å²) in [4.78, 5) is 28.2. The number of ether oxygens (including phenoxy) is 1. The number of amides is 2. The summed E-state index contributed by atoms with van der Waals surface area (Å²) in [6.07, 6.45) is 3.77. The van der Waals surface area contributed by atoms with E-state index in [-0.39, 0.29) is 37.7 Å². The Labute approximate surface area is 232 Å². The second kappa shape index (κ2) is 15.0. The number of hydrogen-bond acceptors (Lipinski definition) is 5. The summed E-state index contributed by atoms with van der Waals surface area (Å²) >= 11 is 6.13. The van der Waals surface area contributed by atoms with E-state index in [0.717, 1.165) is 30.2 Å². The van der Waals surface area contributed by atoms with Gasteiger partial charge in [0.25, 0.3) is 0 Å². The van der Waals surface area contributed by atoms with Crippen LogP contribution in [0.1, 0.15) is 57.1 Å². The summed E-state index contributed by atoms with van der Waals surface area (Å²) < 4.78 is 31.7. The molecule has 1 N–H and O–H groups in total. The normalized spacial score (nSPS) is 12.1. The Morgan fingerprint density at radius 1 is 1.08 bits per heavy atom. The lowest BCUT2D eigenvalue weighted by Gasteiger charge is -2.31. The maximum absolute atomic E-state index is 13.5. The van der Waals surface area contributed by atoms with Gasteiger partial charge in [-0.15, -0.1) is 0 Å². The molecule has 0 saturated carbocycles. The van der Waals surface area contributed by atoms with Gasteiger partial charge >= 0.3 is 0 Å². The van der Waals surface area contributed by atoms with Gasteiger partial charge in [-0.3, -0.25) is 13.9 Å². The molecule has 0 aromatic heterocycles. The maximum Gasteiger partial charge on any atom is 0.242 e. The molecule has 0 aliphatic rings. The van der Waals surface area contributed by atoms with Crippen molar-refractivity contribution in [3.05, 3.63) is 58.6 Å². The van der Waals surface area contributed by atoms with Gasteiger partial charge in [-0.25, -0.2) is 8.42 Å². The molecule has 2 aromatic carbocycles. The first-order chi connectivity index (χ1) is 18.0. The van der Waals surface area contributed by atoms with Crippen LogP contribution in [-0.4, -0.2) is 57.6 Å². The van der Waals surface area contributed by atoms with Crippen molar-refractivity contribution in [1.82, 2.24) is 10.2 Å². The predicted molar refractivity (Wildman–Crippen MR) is 153 cm³/mol. The van der Waals surface area contributed by atoms with Crippen LogP contribution in [0.3, 0.4) is 0 Å². The molecule has 2 rings (SSSR count). The molecule has 1 atom stereocenters. The zero-order chi connectivity index (χ0) is 28.3. The summed E-state index contributed by atoms with van der Waals surface area (Å²) in [5.74, 6) is 0.304. The van der Waals surface area contributed by atoms with Crippen molar-refractivity contribution < 1.29 is 22.7 Å². The number of unbranched alkanes of at least 4 members (excludes halogenated alkanes) is 1. The highest BCUT2D eigenvalue weighted by molar-refractivity contribution is 7.92. The number of anilines is 1. The summed E-state index contributed by atoms with van der Waals surface area (Å²) in [6, 6.07) is 11.8. The number of benzene rings is 2. The predicted octanol–water partition coefficient (Wildman–Crippen LogP) is 4.93. The molecule has 0 radical (unpaired) electrons. The molecule has 0 aliphatic heterocycles. The zero-order valence-corrected chi connectivity index (χ0v) is 24.6. The first-order valence-corrected chi connectivity index (χ1v) is 15.2. The average Bonchev–Trinajstić information content (AvgIpc) is 2.87. The molecule has 0 bridgehead atoms. The summed E-state index contributed by atoms with van der Waals surface area (Å²) in [6.45, 7) is 6.67. The second-order valence-electron chi connectivity index (χ2n) is 9.31. The highest BCUT2D eigenvalue weighted by Crippen LogP contribution is 2.27. The largest absolute Gasteiger partial charge is 0.497 e. The summed E-state index contributed by atoms with van der Waals surface area (Å²) in [5, 5.41) is 3.38. The van der Waals surface area contributed by atoms with Gasteiger partial charge in [0.05, 0.1) is 19.1 Å². The number of hydrogen-bond donors (Lipinski definition) is 1. The lowest BCUT2D eigenvalue weighted by molar-refractivity contribution is -0.141. The molecular weight excluding hydrogens is 526 g/mol. The fourth-order valence-corrected chi connectivity index (χ4v) is 5.37. The zero-order valence-electron chi connectivity index (χ0n) is 23.0. The van der Waals surface area contributed by atoms with Crippen LogP contribution in [0.15, 0.2) is 42.5 Å². The van der Waals surface area contributed by atoms with E-state index in [1.54, 1.807) is 30.2 Å². The number of rotatable bonds is 15. The highest BCUT2D eigenvalue weighted by atomic mass is 35.5. The molecule has 38 heavy (non-hydrogen) atoms. The van der Waals surface area contributed by atoms with E-state index in [9.17, 15) is 18.0 Å². The van der Waals surface area contributed by atoms with Gasteiger partial charge in [0.2, 0.25) is 21.8 Å². The fraction of sp³-hybridized carbons (Fsp3) is 0.500. The lowest BCUT2D eigenvalue weighted by atomic mass is 10.1. The Morgan fingerprint density at radius 3 is 2.34 bits per heavy atom. The number of carbonyl (C=O) groups is 2. The molecule has 8 nitrogen and oxygen atoms in total. The smallest absolute Gasteiger partial charge is 0.242 e. The van der Waals surface area contributed by atoms with Crippen LogP contribution in [0.5, 0.6) is 5.75 Å². The number of methoxy groups -OCH3 is 1. The number of aryl methyl sites for hydroxylation is 1. The monoisotopic (exact) mass is 565 g/mol. The third-order valence-electron chi connectivity index (χ3n) is 6.32. The minimum Gasteiger partial charge on any atom is -0.497 e.